The predicted molar refractivity (Wildman–Crippen MR) is 116 cm³/mol. The molecular formula is C23H16Cl2N2O2. The predicted octanol–water partition coefficient (Wildman–Crippen LogP) is 6.30. The Hall–Kier alpha value is -2.82. The number of pyridine rings is 1. The molecule has 0 amide bonds. The van der Waals surface area contributed by atoms with Crippen LogP contribution in [-0.4, -0.2) is 10.8 Å². The highest BCUT2D eigenvalue weighted by atomic mass is 35.5. The molecular weight excluding hydrogens is 407 g/mol. The molecule has 1 aliphatic carbocycles. The molecule has 1 atom stereocenters. The fraction of sp³-hybridized carbons (Fsp3) is 0.130. The van der Waals surface area contributed by atoms with Crippen molar-refractivity contribution in [3.8, 4) is 11.3 Å². The van der Waals surface area contributed by atoms with Gasteiger partial charge in [0.2, 0.25) is 5.71 Å². The van der Waals surface area contributed by atoms with Crippen LogP contribution >= 0.6 is 23.2 Å². The molecule has 1 aliphatic rings. The monoisotopic (exact) mass is 422 g/mol. The molecule has 4 nitrogen and oxygen atoms in total. The number of Topliss-reactive ketones (excluding diaryl/α,β-unsaturated/α-hetero) is 1. The number of nitrogens with two attached hydrogens (primary N) is 1. The summed E-state index contributed by atoms with van der Waals surface area (Å²) in [5.74, 6) is 0.613. The van der Waals surface area contributed by atoms with Crippen LogP contribution in [0.15, 0.2) is 59.0 Å². The molecule has 0 saturated heterocycles. The van der Waals surface area contributed by atoms with Gasteiger partial charge in [-0.05, 0) is 48.2 Å². The summed E-state index contributed by atoms with van der Waals surface area (Å²) >= 11 is 12.3. The molecule has 4 aromatic rings. The smallest absolute Gasteiger partial charge is 0.229 e. The highest BCUT2D eigenvalue weighted by molar-refractivity contribution is 6.33. The van der Waals surface area contributed by atoms with Crippen molar-refractivity contribution in [2.45, 2.75) is 18.8 Å². The van der Waals surface area contributed by atoms with Crippen LogP contribution < -0.4 is 5.73 Å². The second-order valence-corrected chi connectivity index (χ2v) is 8.08. The zero-order valence-corrected chi connectivity index (χ0v) is 16.8. The van der Waals surface area contributed by atoms with Crippen molar-refractivity contribution < 1.29 is 9.21 Å². The van der Waals surface area contributed by atoms with E-state index in [2.05, 4.69) is 4.98 Å². The van der Waals surface area contributed by atoms with Crippen molar-refractivity contribution in [1.29, 1.82) is 0 Å². The lowest BCUT2D eigenvalue weighted by atomic mass is 9.81. The number of anilines is 1. The van der Waals surface area contributed by atoms with Gasteiger partial charge >= 0.3 is 0 Å². The van der Waals surface area contributed by atoms with Crippen molar-refractivity contribution in [3.05, 3.63) is 81.5 Å². The Bertz CT molecular complexity index is 1260. The van der Waals surface area contributed by atoms with Gasteiger partial charge in [-0.3, -0.25) is 4.79 Å². The highest BCUT2D eigenvalue weighted by Crippen LogP contribution is 2.40. The Morgan fingerprint density at radius 1 is 1.03 bits per heavy atom. The van der Waals surface area contributed by atoms with E-state index in [0.717, 1.165) is 11.1 Å². The van der Waals surface area contributed by atoms with E-state index in [-0.39, 0.29) is 11.7 Å². The second-order valence-electron chi connectivity index (χ2n) is 7.24. The Balaban J connectivity index is 1.61. The van der Waals surface area contributed by atoms with Gasteiger partial charge < -0.3 is 10.2 Å². The van der Waals surface area contributed by atoms with Crippen molar-refractivity contribution >= 4 is 45.8 Å². The number of carbonyl (C=O) groups excluding carboxylic acids is 1. The molecule has 0 saturated carbocycles. The van der Waals surface area contributed by atoms with Gasteiger partial charge in [-0.2, -0.15) is 0 Å². The maximum Gasteiger partial charge on any atom is 0.229 e. The third kappa shape index (κ3) is 3.09. The zero-order valence-electron chi connectivity index (χ0n) is 15.3. The average Bonchev–Trinajstić information content (AvgIpc) is 3.12. The minimum Gasteiger partial charge on any atom is -0.438 e. The van der Waals surface area contributed by atoms with E-state index in [1.165, 1.54) is 0 Å². The zero-order chi connectivity index (χ0) is 20.1. The van der Waals surface area contributed by atoms with Gasteiger partial charge in [0.05, 0.1) is 27.4 Å². The lowest BCUT2D eigenvalue weighted by molar-refractivity contribution is 0.0964. The topological polar surface area (TPSA) is 69.1 Å². The van der Waals surface area contributed by atoms with E-state index >= 15 is 0 Å². The summed E-state index contributed by atoms with van der Waals surface area (Å²) in [5.41, 5.74) is 10.2. The quantitative estimate of drug-likeness (QED) is 0.411. The summed E-state index contributed by atoms with van der Waals surface area (Å²) in [6.07, 6.45) is 1.01. The van der Waals surface area contributed by atoms with Gasteiger partial charge in [0.1, 0.15) is 5.76 Å². The maximum absolute atomic E-state index is 12.9. The van der Waals surface area contributed by atoms with Gasteiger partial charge in [-0.1, -0.05) is 47.5 Å². The number of hydrogen-bond acceptors (Lipinski definition) is 4. The van der Waals surface area contributed by atoms with Crippen LogP contribution in [-0.2, 0) is 6.42 Å². The number of ketones is 1. The molecule has 2 N–H and O–H groups in total. The van der Waals surface area contributed by atoms with Crippen LogP contribution in [0.5, 0.6) is 0 Å². The Labute approximate surface area is 177 Å². The molecule has 2 heterocycles. The number of carbonyl (C=O) groups is 1. The summed E-state index contributed by atoms with van der Waals surface area (Å²) in [7, 11) is 0. The molecule has 144 valence electrons. The molecule has 6 heteroatoms. The molecule has 0 unspecified atom stereocenters. The van der Waals surface area contributed by atoms with Gasteiger partial charge in [0.25, 0.3) is 0 Å². The lowest BCUT2D eigenvalue weighted by Crippen LogP contribution is -2.21. The largest absolute Gasteiger partial charge is 0.438 e. The number of furan rings is 1. The van der Waals surface area contributed by atoms with Crippen LogP contribution in [0.25, 0.3) is 22.4 Å². The maximum atomic E-state index is 12.9. The lowest BCUT2D eigenvalue weighted by Gasteiger charge is -2.24. The molecule has 0 bridgehead atoms. The van der Waals surface area contributed by atoms with Crippen LogP contribution in [0.4, 0.5) is 5.69 Å². The van der Waals surface area contributed by atoms with Crippen LogP contribution in [0.2, 0.25) is 10.0 Å². The summed E-state index contributed by atoms with van der Waals surface area (Å²) < 4.78 is 5.97. The molecule has 2 aromatic heterocycles. The molecule has 0 spiro atoms. The molecule has 0 radical (unpaired) electrons. The summed E-state index contributed by atoms with van der Waals surface area (Å²) in [6, 6.07) is 16.8. The van der Waals surface area contributed by atoms with E-state index in [1.807, 2.05) is 42.5 Å². The van der Waals surface area contributed by atoms with Crippen LogP contribution in [0.1, 0.15) is 34.0 Å². The van der Waals surface area contributed by atoms with Gasteiger partial charge in [0.15, 0.2) is 5.78 Å². The average molecular weight is 423 g/mol. The normalized spacial score (nSPS) is 16.2. The minimum atomic E-state index is -0.00130. The number of hydrogen-bond donors (Lipinski definition) is 1. The van der Waals surface area contributed by atoms with Crippen LogP contribution in [0.3, 0.4) is 0 Å². The molecule has 0 fully saturated rings. The number of rotatable bonds is 2. The van der Waals surface area contributed by atoms with E-state index in [1.54, 1.807) is 12.1 Å². The van der Waals surface area contributed by atoms with Crippen molar-refractivity contribution in [3.63, 3.8) is 0 Å². The first-order valence-electron chi connectivity index (χ1n) is 9.26. The summed E-state index contributed by atoms with van der Waals surface area (Å²) in [5, 5.41) is 1.88. The minimum absolute atomic E-state index is 0.00130. The molecule has 29 heavy (non-hydrogen) atoms. The van der Waals surface area contributed by atoms with Crippen LogP contribution in [0, 0.1) is 0 Å². The second kappa shape index (κ2) is 6.90. The third-order valence-corrected chi connectivity index (χ3v) is 6.01. The highest BCUT2D eigenvalue weighted by Gasteiger charge is 2.31. The third-order valence-electron chi connectivity index (χ3n) is 5.43. The fourth-order valence-corrected chi connectivity index (χ4v) is 4.34. The van der Waals surface area contributed by atoms with E-state index in [0.29, 0.717) is 56.7 Å². The fourth-order valence-electron chi connectivity index (χ4n) is 3.98. The first-order valence-corrected chi connectivity index (χ1v) is 10.0. The standard InChI is InChI=1S/C23H16Cl2N2O2/c24-14-7-5-12(6-8-14)13-9-18-21(19(28)10-13)22(26)16-11-20(29-23(16)27-18)15-3-1-2-4-17(15)25/h1-8,11,13H,9-10H2,(H2,26,27)/t13-/m1/s1. The number of nitrogen functional groups attached to an aromatic ring is 1. The Morgan fingerprint density at radius 3 is 2.55 bits per heavy atom. The van der Waals surface area contributed by atoms with Gasteiger partial charge in [-0.15, -0.1) is 0 Å². The van der Waals surface area contributed by atoms with Gasteiger partial charge in [-0.25, -0.2) is 4.98 Å². The Morgan fingerprint density at radius 2 is 1.79 bits per heavy atom. The number of nitrogens with zero attached hydrogens (tertiary/aromatic N) is 1. The number of fused-ring (bicyclic) bond motifs is 2. The first kappa shape index (κ1) is 18.2. The van der Waals surface area contributed by atoms with Crippen molar-refractivity contribution in [2.24, 2.45) is 0 Å². The SMILES string of the molecule is Nc1c2c(nc3oc(-c4ccccc4Cl)cc13)C[C@@H](c1ccc(Cl)cc1)CC2=O. The van der Waals surface area contributed by atoms with Crippen molar-refractivity contribution in [2.75, 3.05) is 5.73 Å². The summed E-state index contributed by atoms with van der Waals surface area (Å²) in [4.78, 5) is 17.6. The number of halogens is 2. The summed E-state index contributed by atoms with van der Waals surface area (Å²) in [6.45, 7) is 0. The molecule has 2 aromatic carbocycles. The van der Waals surface area contributed by atoms with Gasteiger partial charge in [0, 0.05) is 17.0 Å². The van der Waals surface area contributed by atoms with Crippen molar-refractivity contribution in [1.82, 2.24) is 4.98 Å². The molecule has 0 aliphatic heterocycles. The Kier molecular flexibility index (Phi) is 4.34. The molecule has 5 rings (SSSR count). The number of benzene rings is 2. The number of aromatic nitrogens is 1. The first-order chi connectivity index (χ1) is 14.0. The van der Waals surface area contributed by atoms with E-state index in [4.69, 9.17) is 33.4 Å². The van der Waals surface area contributed by atoms with E-state index < -0.39 is 0 Å². The van der Waals surface area contributed by atoms with E-state index in [9.17, 15) is 4.79 Å².